The number of pyridine rings is 1. The summed E-state index contributed by atoms with van der Waals surface area (Å²) in [4.78, 5) is 28.0. The number of rotatable bonds is 4. The number of nitrogens with zero attached hydrogens (tertiary/aromatic N) is 2. The largest absolute Gasteiger partial charge is 0.448 e. The topological polar surface area (TPSA) is 71.5 Å². The van der Waals surface area contributed by atoms with Gasteiger partial charge in [-0.15, -0.1) is 0 Å². The second-order valence-electron chi connectivity index (χ2n) is 3.67. The third kappa shape index (κ3) is 3.17. The lowest BCUT2D eigenvalue weighted by Crippen LogP contribution is -2.37. The Kier molecular flexibility index (Phi) is 3.54. The van der Waals surface area contributed by atoms with Gasteiger partial charge < -0.3 is 10.1 Å². The normalized spacial score (nSPS) is 14.6. The maximum Gasteiger partial charge on any atom is 0.410 e. The average Bonchev–Trinajstić information content (AvgIpc) is 2.74. The predicted molar refractivity (Wildman–Crippen MR) is 59.0 cm³/mol. The Morgan fingerprint density at radius 2 is 2.47 bits per heavy atom. The second-order valence-corrected chi connectivity index (χ2v) is 3.67. The van der Waals surface area contributed by atoms with Crippen molar-refractivity contribution in [3.05, 3.63) is 30.1 Å². The first-order valence-electron chi connectivity index (χ1n) is 5.33. The van der Waals surface area contributed by atoms with Crippen molar-refractivity contribution in [2.24, 2.45) is 0 Å². The van der Waals surface area contributed by atoms with Crippen LogP contribution in [0.1, 0.15) is 5.56 Å². The smallest absolute Gasteiger partial charge is 0.410 e. The fourth-order valence-electron chi connectivity index (χ4n) is 1.50. The first-order chi connectivity index (χ1) is 8.25. The third-order valence-electron chi connectivity index (χ3n) is 2.39. The van der Waals surface area contributed by atoms with Gasteiger partial charge in [-0.25, -0.2) is 4.79 Å². The van der Waals surface area contributed by atoms with Gasteiger partial charge in [0.25, 0.3) is 0 Å². The average molecular weight is 235 g/mol. The molecule has 2 amide bonds. The van der Waals surface area contributed by atoms with Crippen molar-refractivity contribution in [2.75, 3.05) is 19.7 Å². The Labute approximate surface area is 98.6 Å². The Morgan fingerprint density at radius 3 is 3.12 bits per heavy atom. The summed E-state index contributed by atoms with van der Waals surface area (Å²) in [6, 6.07) is 3.68. The Morgan fingerprint density at radius 1 is 1.59 bits per heavy atom. The van der Waals surface area contributed by atoms with Crippen LogP contribution >= 0.6 is 0 Å². The number of nitrogens with one attached hydrogen (secondary N) is 1. The van der Waals surface area contributed by atoms with Gasteiger partial charge in [-0.05, 0) is 11.6 Å². The van der Waals surface area contributed by atoms with Crippen LogP contribution in [0.15, 0.2) is 24.5 Å². The molecule has 1 fully saturated rings. The van der Waals surface area contributed by atoms with Crippen molar-refractivity contribution in [1.29, 1.82) is 0 Å². The molecule has 1 saturated heterocycles. The van der Waals surface area contributed by atoms with E-state index in [0.29, 0.717) is 19.7 Å². The molecular weight excluding hydrogens is 222 g/mol. The zero-order chi connectivity index (χ0) is 12.1. The minimum Gasteiger partial charge on any atom is -0.448 e. The molecule has 1 N–H and O–H groups in total. The van der Waals surface area contributed by atoms with Gasteiger partial charge in [0.2, 0.25) is 5.91 Å². The van der Waals surface area contributed by atoms with E-state index in [2.05, 4.69) is 10.3 Å². The van der Waals surface area contributed by atoms with E-state index in [1.807, 2.05) is 6.07 Å². The van der Waals surface area contributed by atoms with E-state index in [0.717, 1.165) is 5.56 Å². The van der Waals surface area contributed by atoms with Gasteiger partial charge in [0.1, 0.15) is 13.2 Å². The lowest BCUT2D eigenvalue weighted by Gasteiger charge is -2.12. The van der Waals surface area contributed by atoms with Gasteiger partial charge in [0.05, 0.1) is 6.54 Å². The van der Waals surface area contributed by atoms with E-state index in [4.69, 9.17) is 4.74 Å². The second kappa shape index (κ2) is 5.29. The predicted octanol–water partition coefficient (Wildman–Crippen LogP) is 0.150. The molecule has 1 aliphatic heterocycles. The molecule has 0 aliphatic carbocycles. The number of carbonyl (C=O) groups excluding carboxylic acids is 2. The number of aromatic nitrogens is 1. The molecule has 2 heterocycles. The van der Waals surface area contributed by atoms with Crippen LogP contribution in [0.2, 0.25) is 0 Å². The number of cyclic esters (lactones) is 1. The van der Waals surface area contributed by atoms with Crippen LogP contribution in [0, 0.1) is 0 Å². The van der Waals surface area contributed by atoms with Crippen LogP contribution in [0.3, 0.4) is 0 Å². The molecule has 0 unspecified atom stereocenters. The van der Waals surface area contributed by atoms with Gasteiger partial charge in [-0.3, -0.25) is 14.7 Å². The highest BCUT2D eigenvalue weighted by Crippen LogP contribution is 2.02. The third-order valence-corrected chi connectivity index (χ3v) is 2.39. The summed E-state index contributed by atoms with van der Waals surface area (Å²) >= 11 is 0. The highest BCUT2D eigenvalue weighted by Gasteiger charge is 2.23. The van der Waals surface area contributed by atoms with E-state index in [1.165, 1.54) is 4.90 Å². The van der Waals surface area contributed by atoms with Crippen molar-refractivity contribution in [3.63, 3.8) is 0 Å². The lowest BCUT2D eigenvalue weighted by atomic mass is 10.3. The summed E-state index contributed by atoms with van der Waals surface area (Å²) in [5, 5.41) is 2.72. The highest BCUT2D eigenvalue weighted by atomic mass is 16.6. The molecule has 0 saturated carbocycles. The molecule has 90 valence electrons. The molecule has 6 heteroatoms. The summed E-state index contributed by atoms with van der Waals surface area (Å²) in [5.74, 6) is -0.201. The van der Waals surface area contributed by atoms with E-state index in [1.54, 1.807) is 18.5 Å². The Bertz CT molecular complexity index is 408. The van der Waals surface area contributed by atoms with E-state index < -0.39 is 6.09 Å². The van der Waals surface area contributed by atoms with Gasteiger partial charge in [0, 0.05) is 18.9 Å². The molecule has 1 aromatic rings. The zero-order valence-electron chi connectivity index (χ0n) is 9.26. The van der Waals surface area contributed by atoms with Crippen molar-refractivity contribution in [2.45, 2.75) is 6.54 Å². The molecule has 0 bridgehead atoms. The monoisotopic (exact) mass is 235 g/mol. The van der Waals surface area contributed by atoms with Crippen molar-refractivity contribution >= 4 is 12.0 Å². The summed E-state index contributed by atoms with van der Waals surface area (Å²) in [7, 11) is 0. The molecular formula is C11H13N3O3. The Hall–Kier alpha value is -2.11. The number of hydrogen-bond donors (Lipinski definition) is 1. The summed E-state index contributed by atoms with van der Waals surface area (Å²) in [6.07, 6.45) is 2.93. The minimum absolute atomic E-state index is 0.0408. The van der Waals surface area contributed by atoms with Crippen LogP contribution in [0.25, 0.3) is 0 Å². The molecule has 1 aliphatic rings. The van der Waals surface area contributed by atoms with Crippen LogP contribution in [0.5, 0.6) is 0 Å². The number of carbonyl (C=O) groups is 2. The van der Waals surface area contributed by atoms with Crippen LogP contribution in [-0.2, 0) is 16.1 Å². The first-order valence-corrected chi connectivity index (χ1v) is 5.33. The SMILES string of the molecule is O=C(CN1CCOC1=O)NCc1cccnc1. The Balaban J connectivity index is 1.76. The van der Waals surface area contributed by atoms with Gasteiger partial charge in [0.15, 0.2) is 0 Å². The summed E-state index contributed by atoms with van der Waals surface area (Å²) < 4.78 is 4.73. The van der Waals surface area contributed by atoms with E-state index in [-0.39, 0.29) is 12.5 Å². The fraction of sp³-hybridized carbons (Fsp3) is 0.364. The fourth-order valence-corrected chi connectivity index (χ4v) is 1.50. The van der Waals surface area contributed by atoms with Crippen LogP contribution in [-0.4, -0.2) is 41.6 Å². The van der Waals surface area contributed by atoms with Gasteiger partial charge >= 0.3 is 6.09 Å². The lowest BCUT2D eigenvalue weighted by molar-refractivity contribution is -0.121. The number of ether oxygens (including phenoxy) is 1. The molecule has 0 aromatic carbocycles. The molecule has 0 spiro atoms. The molecule has 2 rings (SSSR count). The number of hydrogen-bond acceptors (Lipinski definition) is 4. The van der Waals surface area contributed by atoms with E-state index >= 15 is 0 Å². The molecule has 1 aromatic heterocycles. The first kappa shape index (κ1) is 11.4. The number of amides is 2. The van der Waals surface area contributed by atoms with Crippen LogP contribution in [0.4, 0.5) is 4.79 Å². The summed E-state index contributed by atoms with van der Waals surface area (Å²) in [5.41, 5.74) is 0.921. The standard InChI is InChI=1S/C11H13N3O3/c15-10(8-14-4-5-17-11(14)16)13-7-9-2-1-3-12-6-9/h1-3,6H,4-5,7-8H2,(H,13,15). The molecule has 0 radical (unpaired) electrons. The minimum atomic E-state index is -0.429. The molecule has 0 atom stereocenters. The highest BCUT2D eigenvalue weighted by molar-refractivity contribution is 5.82. The quantitative estimate of drug-likeness (QED) is 0.806. The molecule has 17 heavy (non-hydrogen) atoms. The van der Waals surface area contributed by atoms with Crippen molar-refractivity contribution in [1.82, 2.24) is 15.2 Å². The van der Waals surface area contributed by atoms with E-state index in [9.17, 15) is 9.59 Å². The van der Waals surface area contributed by atoms with Crippen molar-refractivity contribution in [3.8, 4) is 0 Å². The van der Waals surface area contributed by atoms with Gasteiger partial charge in [-0.2, -0.15) is 0 Å². The summed E-state index contributed by atoms with van der Waals surface area (Å²) in [6.45, 7) is 1.28. The maximum absolute atomic E-state index is 11.5. The van der Waals surface area contributed by atoms with Gasteiger partial charge in [-0.1, -0.05) is 6.07 Å². The van der Waals surface area contributed by atoms with Crippen molar-refractivity contribution < 1.29 is 14.3 Å². The van der Waals surface area contributed by atoms with Crippen LogP contribution < -0.4 is 5.32 Å². The zero-order valence-corrected chi connectivity index (χ0v) is 9.26. The molecule has 6 nitrogen and oxygen atoms in total. The maximum atomic E-state index is 11.5.